The van der Waals surface area contributed by atoms with Gasteiger partial charge in [-0.15, -0.1) is 11.3 Å². The molecular formula is C25H20F2N4O2S. The minimum absolute atomic E-state index is 0.131. The minimum Gasteiger partial charge on any atom is -0.434 e. The second kappa shape index (κ2) is 9.18. The summed E-state index contributed by atoms with van der Waals surface area (Å²) in [5.41, 5.74) is 4.72. The van der Waals surface area contributed by atoms with Crippen LogP contribution in [0, 0.1) is 6.92 Å². The number of hydrogen-bond acceptors (Lipinski definition) is 5. The molecule has 0 aliphatic carbocycles. The molecule has 0 saturated carbocycles. The molecule has 3 heterocycles. The zero-order chi connectivity index (χ0) is 23.7. The summed E-state index contributed by atoms with van der Waals surface area (Å²) in [4.78, 5) is 23.6. The first-order chi connectivity index (χ1) is 16.5. The number of fused-ring (bicyclic) bond motifs is 1. The number of ether oxygens (including phenoxy) is 1. The molecule has 0 atom stereocenters. The van der Waals surface area contributed by atoms with Crippen LogP contribution in [-0.4, -0.2) is 26.1 Å². The van der Waals surface area contributed by atoms with E-state index in [4.69, 9.17) is 9.72 Å². The maximum atomic E-state index is 13.0. The van der Waals surface area contributed by atoms with Crippen molar-refractivity contribution in [2.75, 3.05) is 0 Å². The second-order valence-electron chi connectivity index (χ2n) is 7.78. The standard InChI is InChI=1S/C25H20F2N4O2S/c1-15-29-19(14-34-15)11-23-30-20-8-6-16(17-7-9-24(32)28-12-17)10-21(20)31(23)13-18-4-2-3-5-22(18)33-25(26)27/h2-10,12,14,25H,11,13H2,1H3,(H,28,32). The van der Waals surface area contributed by atoms with Gasteiger partial charge >= 0.3 is 6.61 Å². The van der Waals surface area contributed by atoms with Crippen molar-refractivity contribution >= 4 is 22.4 Å². The highest BCUT2D eigenvalue weighted by Crippen LogP contribution is 2.28. The zero-order valence-electron chi connectivity index (χ0n) is 18.2. The third kappa shape index (κ3) is 4.60. The van der Waals surface area contributed by atoms with Gasteiger partial charge in [-0.2, -0.15) is 8.78 Å². The molecule has 0 aliphatic rings. The third-order valence-corrected chi connectivity index (χ3v) is 6.29. The molecule has 0 aliphatic heterocycles. The number of aryl methyl sites for hydroxylation is 1. The summed E-state index contributed by atoms with van der Waals surface area (Å²) in [5.74, 6) is 0.900. The van der Waals surface area contributed by atoms with Gasteiger partial charge in [-0.3, -0.25) is 4.79 Å². The second-order valence-corrected chi connectivity index (χ2v) is 8.84. The number of benzene rings is 2. The first-order valence-corrected chi connectivity index (χ1v) is 11.5. The number of nitrogens with one attached hydrogen (secondary N) is 1. The van der Waals surface area contributed by atoms with Crippen LogP contribution < -0.4 is 10.3 Å². The number of halogens is 2. The third-order valence-electron chi connectivity index (χ3n) is 5.47. The van der Waals surface area contributed by atoms with E-state index in [0.717, 1.165) is 38.7 Å². The number of pyridine rings is 1. The fourth-order valence-corrected chi connectivity index (χ4v) is 4.53. The number of alkyl halides is 2. The lowest BCUT2D eigenvalue weighted by molar-refractivity contribution is -0.0504. The van der Waals surface area contributed by atoms with Crippen LogP contribution in [0.4, 0.5) is 8.78 Å². The zero-order valence-corrected chi connectivity index (χ0v) is 19.0. The Balaban J connectivity index is 1.63. The molecule has 5 aromatic rings. The van der Waals surface area contributed by atoms with Gasteiger partial charge in [-0.1, -0.05) is 24.3 Å². The number of aromatic nitrogens is 4. The lowest BCUT2D eigenvalue weighted by Crippen LogP contribution is -2.10. The van der Waals surface area contributed by atoms with Crippen LogP contribution in [0.15, 0.2) is 71.0 Å². The Bertz CT molecular complexity index is 1500. The molecule has 0 unspecified atom stereocenters. The number of imidazole rings is 1. The number of para-hydroxylation sites is 1. The molecule has 0 fully saturated rings. The van der Waals surface area contributed by atoms with Gasteiger partial charge in [0.05, 0.1) is 28.3 Å². The van der Waals surface area contributed by atoms with E-state index in [9.17, 15) is 13.6 Å². The van der Waals surface area contributed by atoms with Gasteiger partial charge in [0.2, 0.25) is 5.56 Å². The number of thiazole rings is 1. The average Bonchev–Trinajstić information content (AvgIpc) is 3.38. The van der Waals surface area contributed by atoms with Crippen LogP contribution in [0.25, 0.3) is 22.2 Å². The summed E-state index contributed by atoms with van der Waals surface area (Å²) in [6, 6.07) is 15.9. The van der Waals surface area contributed by atoms with Crippen molar-refractivity contribution in [3.63, 3.8) is 0 Å². The van der Waals surface area contributed by atoms with Crippen molar-refractivity contribution in [2.24, 2.45) is 0 Å². The van der Waals surface area contributed by atoms with E-state index in [0.29, 0.717) is 18.5 Å². The molecule has 172 valence electrons. The number of hydrogen-bond donors (Lipinski definition) is 1. The fourth-order valence-electron chi connectivity index (χ4n) is 3.92. The van der Waals surface area contributed by atoms with E-state index < -0.39 is 6.61 Å². The molecule has 34 heavy (non-hydrogen) atoms. The molecule has 6 nitrogen and oxygen atoms in total. The van der Waals surface area contributed by atoms with Gasteiger partial charge < -0.3 is 14.3 Å². The topological polar surface area (TPSA) is 72.8 Å². The Labute approximate surface area is 197 Å². The number of rotatable bonds is 7. The molecule has 1 N–H and O–H groups in total. The largest absolute Gasteiger partial charge is 0.434 e. The van der Waals surface area contributed by atoms with Crippen LogP contribution in [-0.2, 0) is 13.0 Å². The molecule has 9 heteroatoms. The summed E-state index contributed by atoms with van der Waals surface area (Å²) in [5, 5.41) is 2.97. The first kappa shape index (κ1) is 22.0. The monoisotopic (exact) mass is 478 g/mol. The number of H-pyrrole nitrogens is 1. The highest BCUT2D eigenvalue weighted by molar-refractivity contribution is 7.09. The van der Waals surface area contributed by atoms with Crippen LogP contribution >= 0.6 is 11.3 Å². The molecule has 3 aromatic heterocycles. The summed E-state index contributed by atoms with van der Waals surface area (Å²) in [7, 11) is 0. The molecule has 0 bridgehead atoms. The average molecular weight is 479 g/mol. The van der Waals surface area contributed by atoms with Gasteiger partial charge in [0.25, 0.3) is 0 Å². The Hall–Kier alpha value is -3.85. The van der Waals surface area contributed by atoms with E-state index >= 15 is 0 Å². The van der Waals surface area contributed by atoms with Crippen molar-refractivity contribution in [1.29, 1.82) is 0 Å². The lowest BCUT2D eigenvalue weighted by atomic mass is 10.1. The quantitative estimate of drug-likeness (QED) is 0.340. The molecule has 5 rings (SSSR count). The Kier molecular flexibility index (Phi) is 5.93. The molecule has 0 spiro atoms. The van der Waals surface area contributed by atoms with Crippen molar-refractivity contribution in [3.8, 4) is 16.9 Å². The van der Waals surface area contributed by atoms with Crippen LogP contribution in [0.5, 0.6) is 5.75 Å². The van der Waals surface area contributed by atoms with Gasteiger partial charge in [-0.05, 0) is 42.3 Å². The van der Waals surface area contributed by atoms with Gasteiger partial charge in [0.1, 0.15) is 11.6 Å². The lowest BCUT2D eigenvalue weighted by Gasteiger charge is -2.14. The summed E-state index contributed by atoms with van der Waals surface area (Å²) < 4.78 is 32.8. The summed E-state index contributed by atoms with van der Waals surface area (Å²) in [6.45, 7) is -0.664. The molecule has 0 radical (unpaired) electrons. The highest BCUT2D eigenvalue weighted by atomic mass is 32.1. The molecular weight excluding hydrogens is 458 g/mol. The van der Waals surface area contributed by atoms with Gasteiger partial charge in [0, 0.05) is 29.6 Å². The van der Waals surface area contributed by atoms with Crippen LogP contribution in [0.1, 0.15) is 22.1 Å². The Morgan fingerprint density at radius 2 is 1.91 bits per heavy atom. The summed E-state index contributed by atoms with van der Waals surface area (Å²) in [6.07, 6.45) is 2.17. The SMILES string of the molecule is Cc1nc(Cc2nc3ccc(-c4ccc(=O)[nH]c4)cc3n2Cc2ccccc2OC(F)F)cs1. The molecule has 0 amide bonds. The normalized spacial score (nSPS) is 11.4. The molecule has 2 aromatic carbocycles. The van der Waals surface area contributed by atoms with E-state index in [2.05, 4.69) is 9.97 Å². The van der Waals surface area contributed by atoms with Crippen molar-refractivity contribution in [1.82, 2.24) is 19.5 Å². The predicted octanol–water partition coefficient (Wildman–Crippen LogP) is 5.40. The van der Waals surface area contributed by atoms with Gasteiger partial charge in [0.15, 0.2) is 0 Å². The Morgan fingerprint density at radius 3 is 2.65 bits per heavy atom. The first-order valence-electron chi connectivity index (χ1n) is 10.6. The van der Waals surface area contributed by atoms with E-state index in [-0.39, 0.29) is 11.3 Å². The van der Waals surface area contributed by atoms with Crippen LogP contribution in [0.2, 0.25) is 0 Å². The fraction of sp³-hybridized carbons (Fsp3) is 0.160. The predicted molar refractivity (Wildman–Crippen MR) is 128 cm³/mol. The molecule has 0 saturated heterocycles. The smallest absolute Gasteiger partial charge is 0.387 e. The Morgan fingerprint density at radius 1 is 1.09 bits per heavy atom. The maximum absolute atomic E-state index is 13.0. The van der Waals surface area contributed by atoms with E-state index in [1.54, 1.807) is 41.8 Å². The van der Waals surface area contributed by atoms with Crippen molar-refractivity contribution in [3.05, 3.63) is 98.6 Å². The maximum Gasteiger partial charge on any atom is 0.387 e. The van der Waals surface area contributed by atoms with Gasteiger partial charge in [-0.25, -0.2) is 9.97 Å². The van der Waals surface area contributed by atoms with Crippen LogP contribution in [0.3, 0.4) is 0 Å². The summed E-state index contributed by atoms with van der Waals surface area (Å²) >= 11 is 1.57. The highest BCUT2D eigenvalue weighted by Gasteiger charge is 2.17. The minimum atomic E-state index is -2.91. The number of nitrogens with zero attached hydrogens (tertiary/aromatic N) is 3. The van der Waals surface area contributed by atoms with E-state index in [1.165, 1.54) is 12.1 Å². The number of aromatic amines is 1. The van der Waals surface area contributed by atoms with E-state index in [1.807, 2.05) is 35.1 Å². The van der Waals surface area contributed by atoms with Crippen molar-refractivity contribution < 1.29 is 13.5 Å². The van der Waals surface area contributed by atoms with Crippen molar-refractivity contribution in [2.45, 2.75) is 26.5 Å².